The molecule has 1 aliphatic carbocycles. The van der Waals surface area contributed by atoms with E-state index in [1.807, 2.05) is 0 Å². The van der Waals surface area contributed by atoms with Gasteiger partial charge in [-0.3, -0.25) is 10.1 Å². The van der Waals surface area contributed by atoms with E-state index in [0.717, 1.165) is 25.7 Å². The van der Waals surface area contributed by atoms with E-state index in [1.54, 1.807) is 13.0 Å². The number of nitrogens with zero attached hydrogens (tertiary/aromatic N) is 2. The van der Waals surface area contributed by atoms with E-state index >= 15 is 0 Å². The molecular formula is C12H17N3O3. The van der Waals surface area contributed by atoms with Gasteiger partial charge in [-0.15, -0.1) is 0 Å². The van der Waals surface area contributed by atoms with Crippen LogP contribution in [0.5, 0.6) is 5.88 Å². The number of ether oxygens (including phenoxy) is 1. The van der Waals surface area contributed by atoms with Crippen LogP contribution in [0.3, 0.4) is 0 Å². The number of aromatic nitrogens is 1. The first-order valence-electron chi connectivity index (χ1n) is 6.10. The molecule has 2 rings (SSSR count). The van der Waals surface area contributed by atoms with Crippen molar-refractivity contribution in [3.05, 3.63) is 27.9 Å². The zero-order valence-electron chi connectivity index (χ0n) is 10.3. The SMILES string of the molecule is Cc1ccc([N+](=O)[O-])c(OC2CCCC(N)C2)n1. The van der Waals surface area contributed by atoms with E-state index in [1.165, 1.54) is 6.07 Å². The van der Waals surface area contributed by atoms with Crippen molar-refractivity contribution < 1.29 is 9.66 Å². The lowest BCUT2D eigenvalue weighted by Crippen LogP contribution is -2.34. The predicted molar refractivity (Wildman–Crippen MR) is 66.5 cm³/mol. The van der Waals surface area contributed by atoms with Crippen LogP contribution in [-0.4, -0.2) is 22.1 Å². The first-order valence-corrected chi connectivity index (χ1v) is 6.10. The van der Waals surface area contributed by atoms with Crippen molar-refractivity contribution in [3.8, 4) is 5.88 Å². The van der Waals surface area contributed by atoms with Gasteiger partial charge in [0.2, 0.25) is 0 Å². The topological polar surface area (TPSA) is 91.3 Å². The Morgan fingerprint density at radius 1 is 1.50 bits per heavy atom. The summed E-state index contributed by atoms with van der Waals surface area (Å²) in [7, 11) is 0. The fourth-order valence-electron chi connectivity index (χ4n) is 2.20. The third-order valence-corrected chi connectivity index (χ3v) is 3.12. The lowest BCUT2D eigenvalue weighted by atomic mass is 9.93. The van der Waals surface area contributed by atoms with Gasteiger partial charge in [0.1, 0.15) is 6.10 Å². The Kier molecular flexibility index (Phi) is 3.76. The van der Waals surface area contributed by atoms with Crippen LogP contribution in [0, 0.1) is 17.0 Å². The summed E-state index contributed by atoms with van der Waals surface area (Å²) in [4.78, 5) is 14.5. The molecule has 1 aromatic rings. The van der Waals surface area contributed by atoms with Crippen LogP contribution < -0.4 is 10.5 Å². The number of nitro groups is 1. The minimum Gasteiger partial charge on any atom is -0.469 e. The second-order valence-electron chi connectivity index (χ2n) is 4.70. The van der Waals surface area contributed by atoms with Gasteiger partial charge >= 0.3 is 5.69 Å². The molecule has 0 radical (unpaired) electrons. The molecule has 1 heterocycles. The molecule has 0 bridgehead atoms. The quantitative estimate of drug-likeness (QED) is 0.654. The number of hydrogen-bond donors (Lipinski definition) is 1. The second kappa shape index (κ2) is 5.30. The molecule has 2 N–H and O–H groups in total. The van der Waals surface area contributed by atoms with Gasteiger partial charge in [0.05, 0.1) is 4.92 Å². The summed E-state index contributed by atoms with van der Waals surface area (Å²) < 4.78 is 5.67. The van der Waals surface area contributed by atoms with Gasteiger partial charge in [-0.05, 0) is 38.7 Å². The first kappa shape index (κ1) is 12.8. The molecule has 2 unspecified atom stereocenters. The van der Waals surface area contributed by atoms with Crippen LogP contribution >= 0.6 is 0 Å². The van der Waals surface area contributed by atoms with Crippen molar-refractivity contribution in [1.82, 2.24) is 4.98 Å². The summed E-state index contributed by atoms with van der Waals surface area (Å²) in [5, 5.41) is 10.9. The zero-order valence-corrected chi connectivity index (χ0v) is 10.3. The molecule has 0 aromatic carbocycles. The van der Waals surface area contributed by atoms with Gasteiger partial charge in [0, 0.05) is 17.8 Å². The van der Waals surface area contributed by atoms with Gasteiger partial charge in [0.15, 0.2) is 0 Å². The van der Waals surface area contributed by atoms with E-state index in [0.29, 0.717) is 5.69 Å². The van der Waals surface area contributed by atoms with Crippen molar-refractivity contribution in [1.29, 1.82) is 0 Å². The van der Waals surface area contributed by atoms with Crippen LogP contribution in [0.4, 0.5) is 5.69 Å². The van der Waals surface area contributed by atoms with Crippen molar-refractivity contribution in [2.75, 3.05) is 0 Å². The molecule has 2 atom stereocenters. The molecule has 0 saturated heterocycles. The molecule has 1 saturated carbocycles. The number of rotatable bonds is 3. The maximum atomic E-state index is 10.9. The maximum absolute atomic E-state index is 10.9. The molecule has 1 aliphatic rings. The minimum absolute atomic E-state index is 0.0678. The van der Waals surface area contributed by atoms with Gasteiger partial charge < -0.3 is 10.5 Å². The van der Waals surface area contributed by atoms with E-state index in [2.05, 4.69) is 4.98 Å². The monoisotopic (exact) mass is 251 g/mol. The maximum Gasteiger partial charge on any atom is 0.330 e. The third-order valence-electron chi connectivity index (χ3n) is 3.12. The fourth-order valence-corrected chi connectivity index (χ4v) is 2.20. The van der Waals surface area contributed by atoms with E-state index in [4.69, 9.17) is 10.5 Å². The molecular weight excluding hydrogens is 234 g/mol. The molecule has 98 valence electrons. The predicted octanol–water partition coefficient (Wildman–Crippen LogP) is 1.95. The average Bonchev–Trinajstić information content (AvgIpc) is 2.28. The average molecular weight is 251 g/mol. The summed E-state index contributed by atoms with van der Waals surface area (Å²) in [6, 6.07) is 3.16. The van der Waals surface area contributed by atoms with Gasteiger partial charge in [-0.2, -0.15) is 0 Å². The molecule has 1 fully saturated rings. The summed E-state index contributed by atoms with van der Waals surface area (Å²) >= 11 is 0. The lowest BCUT2D eigenvalue weighted by Gasteiger charge is -2.26. The Balaban J connectivity index is 2.16. The Morgan fingerprint density at radius 3 is 2.94 bits per heavy atom. The number of hydrogen-bond acceptors (Lipinski definition) is 5. The molecule has 0 spiro atoms. The number of aryl methyl sites for hydroxylation is 1. The van der Waals surface area contributed by atoms with Crippen LogP contribution in [-0.2, 0) is 0 Å². The van der Waals surface area contributed by atoms with Crippen molar-refractivity contribution in [2.45, 2.75) is 44.8 Å². The van der Waals surface area contributed by atoms with Gasteiger partial charge in [-0.25, -0.2) is 4.98 Å². The lowest BCUT2D eigenvalue weighted by molar-refractivity contribution is -0.386. The molecule has 0 amide bonds. The zero-order chi connectivity index (χ0) is 13.1. The van der Waals surface area contributed by atoms with E-state index < -0.39 is 4.92 Å². The number of pyridine rings is 1. The highest BCUT2D eigenvalue weighted by Crippen LogP contribution is 2.28. The highest BCUT2D eigenvalue weighted by molar-refractivity contribution is 5.41. The molecule has 6 heteroatoms. The molecule has 1 aromatic heterocycles. The van der Waals surface area contributed by atoms with Crippen LogP contribution in [0.1, 0.15) is 31.4 Å². The first-order chi connectivity index (χ1) is 8.56. The largest absolute Gasteiger partial charge is 0.469 e. The smallest absolute Gasteiger partial charge is 0.330 e. The van der Waals surface area contributed by atoms with Crippen LogP contribution in [0.25, 0.3) is 0 Å². The van der Waals surface area contributed by atoms with E-state index in [-0.39, 0.29) is 23.7 Å². The van der Waals surface area contributed by atoms with E-state index in [9.17, 15) is 10.1 Å². The summed E-state index contributed by atoms with van der Waals surface area (Å²) in [5.41, 5.74) is 6.49. The Bertz CT molecular complexity index is 450. The van der Waals surface area contributed by atoms with Crippen molar-refractivity contribution in [3.63, 3.8) is 0 Å². The highest BCUT2D eigenvalue weighted by Gasteiger charge is 2.25. The van der Waals surface area contributed by atoms with Crippen LogP contribution in [0.2, 0.25) is 0 Å². The number of nitrogens with two attached hydrogens (primary N) is 1. The Hall–Kier alpha value is -1.69. The standard InChI is InChI=1S/C12H17N3O3/c1-8-5-6-11(15(16)17)12(14-8)18-10-4-2-3-9(13)7-10/h5-6,9-10H,2-4,7,13H2,1H3. The second-order valence-corrected chi connectivity index (χ2v) is 4.70. The van der Waals surface area contributed by atoms with Crippen molar-refractivity contribution >= 4 is 5.69 Å². The van der Waals surface area contributed by atoms with Gasteiger partial charge in [-0.1, -0.05) is 0 Å². The molecule has 0 aliphatic heterocycles. The highest BCUT2D eigenvalue weighted by atomic mass is 16.6. The van der Waals surface area contributed by atoms with Crippen LogP contribution in [0.15, 0.2) is 12.1 Å². The normalized spacial score (nSPS) is 23.7. The summed E-state index contributed by atoms with van der Waals surface area (Å²) in [6.45, 7) is 1.78. The fraction of sp³-hybridized carbons (Fsp3) is 0.583. The van der Waals surface area contributed by atoms with Gasteiger partial charge in [0.25, 0.3) is 5.88 Å². The minimum atomic E-state index is -0.468. The summed E-state index contributed by atoms with van der Waals surface area (Å²) in [6.07, 6.45) is 3.52. The van der Waals surface area contributed by atoms with Crippen molar-refractivity contribution in [2.24, 2.45) is 5.73 Å². The molecule has 18 heavy (non-hydrogen) atoms. The Morgan fingerprint density at radius 2 is 2.28 bits per heavy atom. The third kappa shape index (κ3) is 2.95. The summed E-state index contributed by atoms with van der Waals surface area (Å²) in [5.74, 6) is 0.110. The Labute approximate surface area is 105 Å². The molecule has 6 nitrogen and oxygen atoms in total.